The first-order chi connectivity index (χ1) is 10.1. The van der Waals surface area contributed by atoms with Crippen LogP contribution in [0.3, 0.4) is 0 Å². The molecule has 114 valence electrons. The van der Waals surface area contributed by atoms with Crippen LogP contribution in [0.2, 0.25) is 0 Å². The topological polar surface area (TPSA) is 58.6 Å². The normalized spacial score (nSPS) is 19.5. The number of hydrogen-bond donors (Lipinski definition) is 1. The van der Waals surface area contributed by atoms with Crippen molar-refractivity contribution in [3.05, 3.63) is 29.8 Å². The molecule has 1 N–H and O–H groups in total. The van der Waals surface area contributed by atoms with E-state index >= 15 is 0 Å². The molecule has 5 nitrogen and oxygen atoms in total. The largest absolute Gasteiger partial charge is 0.497 e. The Hall–Kier alpha value is -1.69. The van der Waals surface area contributed by atoms with Crippen molar-refractivity contribution in [3.8, 4) is 5.75 Å². The minimum Gasteiger partial charge on any atom is -0.497 e. The van der Waals surface area contributed by atoms with E-state index in [-0.39, 0.29) is 17.2 Å². The number of carbonyl (C=O) groups excluding carboxylic acids is 2. The molecule has 1 aliphatic heterocycles. The van der Waals surface area contributed by atoms with E-state index in [9.17, 15) is 9.59 Å². The summed E-state index contributed by atoms with van der Waals surface area (Å²) in [6.07, 6.45) is 0. The summed E-state index contributed by atoms with van der Waals surface area (Å²) < 4.78 is 5.15. The van der Waals surface area contributed by atoms with Gasteiger partial charge in [0.1, 0.15) is 17.2 Å². The van der Waals surface area contributed by atoms with Gasteiger partial charge >= 0.3 is 0 Å². The van der Waals surface area contributed by atoms with Gasteiger partial charge in [0.15, 0.2) is 0 Å². The quantitative estimate of drug-likeness (QED) is 0.901. The van der Waals surface area contributed by atoms with Crippen LogP contribution in [0, 0.1) is 0 Å². The van der Waals surface area contributed by atoms with Gasteiger partial charge in [-0.05, 0) is 31.5 Å². The monoisotopic (exact) mass is 308 g/mol. The highest BCUT2D eigenvalue weighted by Gasteiger charge is 2.38. The molecule has 1 aliphatic rings. The van der Waals surface area contributed by atoms with E-state index in [0.29, 0.717) is 12.3 Å². The third-order valence-electron chi connectivity index (χ3n) is 3.45. The Balaban J connectivity index is 2.21. The first kappa shape index (κ1) is 15.7. The molecule has 0 bridgehead atoms. The van der Waals surface area contributed by atoms with Crippen molar-refractivity contribution in [2.75, 3.05) is 19.4 Å². The van der Waals surface area contributed by atoms with Crippen molar-refractivity contribution in [1.82, 2.24) is 10.2 Å². The van der Waals surface area contributed by atoms with Gasteiger partial charge in [-0.2, -0.15) is 0 Å². The number of likely N-dealkylation sites (N-methyl/N-ethyl adjacent to an activating group) is 1. The smallest absolute Gasteiger partial charge is 0.242 e. The number of benzene rings is 1. The van der Waals surface area contributed by atoms with Crippen LogP contribution in [0.4, 0.5) is 0 Å². The van der Waals surface area contributed by atoms with E-state index in [2.05, 4.69) is 5.32 Å². The molecule has 1 fully saturated rings. The highest BCUT2D eigenvalue weighted by molar-refractivity contribution is 8.00. The zero-order valence-corrected chi connectivity index (χ0v) is 13.3. The van der Waals surface area contributed by atoms with Crippen molar-refractivity contribution in [2.24, 2.45) is 0 Å². The average Bonchev–Trinajstić information content (AvgIpc) is 2.88. The number of nitrogens with zero attached hydrogens (tertiary/aromatic N) is 1. The van der Waals surface area contributed by atoms with Crippen LogP contribution < -0.4 is 10.1 Å². The van der Waals surface area contributed by atoms with Gasteiger partial charge in [0.05, 0.1) is 12.9 Å². The Labute approximate surface area is 129 Å². The SMILES string of the molecule is CCNC(=O)[C@H](C)N1C(=O)CS[C@H]1c1ccc(OC)cc1. The highest BCUT2D eigenvalue weighted by atomic mass is 32.2. The lowest BCUT2D eigenvalue weighted by Gasteiger charge is -2.29. The summed E-state index contributed by atoms with van der Waals surface area (Å²) >= 11 is 1.54. The summed E-state index contributed by atoms with van der Waals surface area (Å²) in [7, 11) is 1.62. The van der Waals surface area contributed by atoms with Crippen LogP contribution in [0.25, 0.3) is 0 Å². The summed E-state index contributed by atoms with van der Waals surface area (Å²) in [6.45, 7) is 4.20. The Morgan fingerprint density at radius 1 is 1.48 bits per heavy atom. The molecule has 0 unspecified atom stereocenters. The molecule has 1 saturated heterocycles. The van der Waals surface area contributed by atoms with E-state index in [1.807, 2.05) is 31.2 Å². The predicted molar refractivity (Wildman–Crippen MR) is 83.2 cm³/mol. The van der Waals surface area contributed by atoms with Crippen molar-refractivity contribution in [2.45, 2.75) is 25.3 Å². The molecule has 2 atom stereocenters. The van der Waals surface area contributed by atoms with Crippen molar-refractivity contribution < 1.29 is 14.3 Å². The minimum absolute atomic E-state index is 0.000397. The molecule has 2 amide bonds. The fraction of sp³-hybridized carbons (Fsp3) is 0.467. The lowest BCUT2D eigenvalue weighted by atomic mass is 10.1. The molecule has 1 aromatic rings. The van der Waals surface area contributed by atoms with Gasteiger partial charge < -0.3 is 15.0 Å². The Bertz CT molecular complexity index is 518. The third-order valence-corrected chi connectivity index (χ3v) is 4.68. The summed E-state index contributed by atoms with van der Waals surface area (Å²) in [4.78, 5) is 25.8. The fourth-order valence-electron chi connectivity index (χ4n) is 2.33. The van der Waals surface area contributed by atoms with E-state index in [0.717, 1.165) is 11.3 Å². The minimum atomic E-state index is -0.473. The molecule has 21 heavy (non-hydrogen) atoms. The third kappa shape index (κ3) is 3.32. The molecule has 0 radical (unpaired) electrons. The van der Waals surface area contributed by atoms with Crippen LogP contribution in [0.1, 0.15) is 24.8 Å². The van der Waals surface area contributed by atoms with Crippen LogP contribution in [-0.4, -0.2) is 42.2 Å². The zero-order valence-electron chi connectivity index (χ0n) is 12.5. The second kappa shape index (κ2) is 6.85. The Morgan fingerprint density at radius 3 is 2.71 bits per heavy atom. The second-order valence-electron chi connectivity index (χ2n) is 4.81. The summed E-state index contributed by atoms with van der Waals surface area (Å²) in [5, 5.41) is 2.65. The van der Waals surface area contributed by atoms with Gasteiger partial charge in [-0.1, -0.05) is 12.1 Å². The maximum absolute atomic E-state index is 12.1. The number of methoxy groups -OCH3 is 1. The molecule has 0 aliphatic carbocycles. The second-order valence-corrected chi connectivity index (χ2v) is 5.88. The van der Waals surface area contributed by atoms with Gasteiger partial charge in [0.2, 0.25) is 11.8 Å². The molecule has 6 heteroatoms. The lowest BCUT2D eigenvalue weighted by Crippen LogP contribution is -2.46. The van der Waals surface area contributed by atoms with Gasteiger partial charge in [-0.25, -0.2) is 0 Å². The number of ether oxygens (including phenoxy) is 1. The molecule has 1 aromatic carbocycles. The summed E-state index contributed by atoms with van der Waals surface area (Å²) in [6, 6.07) is 7.14. The van der Waals surface area contributed by atoms with Gasteiger partial charge in [-0.3, -0.25) is 9.59 Å². The summed E-state index contributed by atoms with van der Waals surface area (Å²) in [5.41, 5.74) is 1.00. The van der Waals surface area contributed by atoms with E-state index in [1.165, 1.54) is 0 Å². The first-order valence-electron chi connectivity index (χ1n) is 6.93. The van der Waals surface area contributed by atoms with Crippen LogP contribution >= 0.6 is 11.8 Å². The van der Waals surface area contributed by atoms with Gasteiger partial charge in [-0.15, -0.1) is 11.8 Å². The lowest BCUT2D eigenvalue weighted by molar-refractivity contribution is -0.137. The fourth-order valence-corrected chi connectivity index (χ4v) is 3.59. The van der Waals surface area contributed by atoms with Crippen molar-refractivity contribution in [1.29, 1.82) is 0 Å². The summed E-state index contributed by atoms with van der Waals surface area (Å²) in [5.74, 6) is 1.06. The number of carbonyl (C=O) groups is 2. The number of rotatable bonds is 5. The van der Waals surface area contributed by atoms with E-state index in [1.54, 1.807) is 30.7 Å². The number of thioether (sulfide) groups is 1. The van der Waals surface area contributed by atoms with Gasteiger partial charge in [0.25, 0.3) is 0 Å². The van der Waals surface area contributed by atoms with Crippen molar-refractivity contribution in [3.63, 3.8) is 0 Å². The van der Waals surface area contributed by atoms with Gasteiger partial charge in [0, 0.05) is 6.54 Å². The molecule has 0 saturated carbocycles. The molecule has 0 spiro atoms. The van der Waals surface area contributed by atoms with E-state index < -0.39 is 6.04 Å². The number of nitrogens with one attached hydrogen (secondary N) is 1. The maximum atomic E-state index is 12.1. The molecular weight excluding hydrogens is 288 g/mol. The maximum Gasteiger partial charge on any atom is 0.242 e. The molecule has 0 aromatic heterocycles. The number of hydrogen-bond acceptors (Lipinski definition) is 4. The van der Waals surface area contributed by atoms with Crippen molar-refractivity contribution >= 4 is 23.6 Å². The first-order valence-corrected chi connectivity index (χ1v) is 7.97. The number of amides is 2. The Kier molecular flexibility index (Phi) is 5.12. The van der Waals surface area contributed by atoms with Crippen LogP contribution in [-0.2, 0) is 9.59 Å². The molecular formula is C15H20N2O3S. The van der Waals surface area contributed by atoms with Crippen LogP contribution in [0.15, 0.2) is 24.3 Å². The zero-order chi connectivity index (χ0) is 15.4. The predicted octanol–water partition coefficient (Wildman–Crippen LogP) is 1.79. The molecule has 2 rings (SSSR count). The van der Waals surface area contributed by atoms with Crippen LogP contribution in [0.5, 0.6) is 5.75 Å². The standard InChI is InChI=1S/C15H20N2O3S/c1-4-16-14(19)10(2)17-13(18)9-21-15(17)11-5-7-12(20-3)8-6-11/h5-8,10,15H,4,9H2,1-3H3,(H,16,19)/t10-,15-/m0/s1. The Morgan fingerprint density at radius 2 is 2.14 bits per heavy atom. The van der Waals surface area contributed by atoms with E-state index in [4.69, 9.17) is 4.74 Å². The highest BCUT2D eigenvalue weighted by Crippen LogP contribution is 2.40. The molecule has 1 heterocycles. The average molecular weight is 308 g/mol.